The first-order valence-electron chi connectivity index (χ1n) is 7.63. The smallest absolute Gasteiger partial charge is 0.230 e. The number of aromatic nitrogens is 1. The molecule has 0 radical (unpaired) electrons. The van der Waals surface area contributed by atoms with Gasteiger partial charge in [0.15, 0.2) is 0 Å². The van der Waals surface area contributed by atoms with Crippen LogP contribution >= 0.6 is 24.2 Å². The molecule has 1 fully saturated rings. The van der Waals surface area contributed by atoms with E-state index in [0.717, 1.165) is 48.8 Å². The van der Waals surface area contributed by atoms with Crippen LogP contribution in [0.15, 0.2) is 4.52 Å². The molecular weight excluding hydrogens is 322 g/mol. The lowest BCUT2D eigenvalue weighted by Gasteiger charge is -2.22. The summed E-state index contributed by atoms with van der Waals surface area (Å²) in [4.78, 5) is 11.8. The molecule has 1 aliphatic rings. The Morgan fingerprint density at radius 2 is 2.32 bits per heavy atom. The third-order valence-corrected chi connectivity index (χ3v) is 4.89. The summed E-state index contributed by atoms with van der Waals surface area (Å²) < 4.78 is 5.12. The van der Waals surface area contributed by atoms with E-state index < -0.39 is 0 Å². The third kappa shape index (κ3) is 6.18. The largest absolute Gasteiger partial charge is 0.361 e. The zero-order valence-electron chi connectivity index (χ0n) is 13.3. The number of amides is 1. The maximum atomic E-state index is 11.8. The van der Waals surface area contributed by atoms with E-state index in [0.29, 0.717) is 11.7 Å². The van der Waals surface area contributed by atoms with E-state index in [1.165, 1.54) is 12.8 Å². The van der Waals surface area contributed by atoms with E-state index in [9.17, 15) is 4.79 Å². The lowest BCUT2D eigenvalue weighted by Crippen LogP contribution is -2.33. The second-order valence-electron chi connectivity index (χ2n) is 5.65. The highest BCUT2D eigenvalue weighted by Gasteiger charge is 2.13. The van der Waals surface area contributed by atoms with Crippen LogP contribution in [0.5, 0.6) is 0 Å². The minimum Gasteiger partial charge on any atom is -0.361 e. The number of hydrogen-bond acceptors (Lipinski definition) is 5. The molecule has 2 N–H and O–H groups in total. The molecule has 1 aliphatic heterocycles. The van der Waals surface area contributed by atoms with E-state index >= 15 is 0 Å². The van der Waals surface area contributed by atoms with E-state index in [-0.39, 0.29) is 18.3 Å². The number of nitrogens with zero attached hydrogens (tertiary/aromatic N) is 1. The van der Waals surface area contributed by atoms with Crippen molar-refractivity contribution < 1.29 is 9.32 Å². The molecule has 1 aromatic heterocycles. The summed E-state index contributed by atoms with van der Waals surface area (Å²) in [6.45, 7) is 6.87. The Bertz CT molecular complexity index is 442. The fraction of sp³-hybridized carbons (Fsp3) is 0.733. The van der Waals surface area contributed by atoms with Crippen LogP contribution in [0, 0.1) is 19.8 Å². The summed E-state index contributed by atoms with van der Waals surface area (Å²) in [6.07, 6.45) is 3.61. The van der Waals surface area contributed by atoms with Gasteiger partial charge in [-0.3, -0.25) is 4.79 Å². The molecule has 7 heteroatoms. The summed E-state index contributed by atoms with van der Waals surface area (Å²) in [5, 5.41) is 10.3. The first-order chi connectivity index (χ1) is 10.2. The van der Waals surface area contributed by atoms with Crippen molar-refractivity contribution in [2.75, 3.05) is 25.4 Å². The number of nitrogens with one attached hydrogen (secondary N) is 2. The van der Waals surface area contributed by atoms with Crippen molar-refractivity contribution in [3.8, 4) is 0 Å². The quantitative estimate of drug-likeness (QED) is 0.793. The minimum absolute atomic E-state index is 0. The summed E-state index contributed by atoms with van der Waals surface area (Å²) >= 11 is 1.61. The lowest BCUT2D eigenvalue weighted by molar-refractivity contribution is -0.118. The summed E-state index contributed by atoms with van der Waals surface area (Å²) in [5.41, 5.74) is 2.03. The van der Waals surface area contributed by atoms with E-state index in [4.69, 9.17) is 4.52 Å². The zero-order chi connectivity index (χ0) is 15.1. The van der Waals surface area contributed by atoms with Gasteiger partial charge in [0, 0.05) is 17.9 Å². The zero-order valence-corrected chi connectivity index (χ0v) is 14.9. The van der Waals surface area contributed by atoms with Crippen molar-refractivity contribution >= 4 is 30.1 Å². The van der Waals surface area contributed by atoms with Gasteiger partial charge in [-0.2, -0.15) is 0 Å². The van der Waals surface area contributed by atoms with Gasteiger partial charge in [0.05, 0.1) is 11.4 Å². The standard InChI is InChI=1S/C15H25N3O2S.ClH/c1-11-14(12(2)20-18-11)9-21-10-15(19)17-7-5-13-4-3-6-16-8-13;/h13,16H,3-10H2,1-2H3,(H,17,19);1H. The van der Waals surface area contributed by atoms with Gasteiger partial charge in [0.2, 0.25) is 5.91 Å². The molecule has 1 aromatic rings. The third-order valence-electron chi connectivity index (χ3n) is 3.93. The maximum Gasteiger partial charge on any atom is 0.230 e. The molecule has 2 rings (SSSR count). The SMILES string of the molecule is Cc1noc(C)c1CSCC(=O)NCCC1CCCNC1.Cl. The van der Waals surface area contributed by atoms with Crippen molar-refractivity contribution in [3.05, 3.63) is 17.0 Å². The van der Waals surface area contributed by atoms with Crippen LogP contribution in [0.2, 0.25) is 0 Å². The van der Waals surface area contributed by atoms with Gasteiger partial charge in [-0.05, 0) is 52.1 Å². The number of piperidine rings is 1. The Morgan fingerprint density at radius 1 is 1.50 bits per heavy atom. The normalized spacial score (nSPS) is 17.8. The topological polar surface area (TPSA) is 67.2 Å². The molecular formula is C15H26ClN3O2S. The van der Waals surface area contributed by atoms with Gasteiger partial charge in [0.1, 0.15) is 5.76 Å². The number of hydrogen-bond donors (Lipinski definition) is 2. The van der Waals surface area contributed by atoms with Crippen LogP contribution in [0.4, 0.5) is 0 Å². The molecule has 0 saturated carbocycles. The highest BCUT2D eigenvalue weighted by atomic mass is 35.5. The Labute approximate surface area is 142 Å². The van der Waals surface area contributed by atoms with E-state index in [1.807, 2.05) is 13.8 Å². The van der Waals surface area contributed by atoms with Gasteiger partial charge in [0.25, 0.3) is 0 Å². The van der Waals surface area contributed by atoms with Crippen molar-refractivity contribution in [1.29, 1.82) is 0 Å². The second kappa shape index (κ2) is 10.1. The van der Waals surface area contributed by atoms with Crippen molar-refractivity contribution in [3.63, 3.8) is 0 Å². The van der Waals surface area contributed by atoms with Gasteiger partial charge in [-0.1, -0.05) is 5.16 Å². The molecule has 5 nitrogen and oxygen atoms in total. The highest BCUT2D eigenvalue weighted by Crippen LogP contribution is 2.19. The number of thioether (sulfide) groups is 1. The summed E-state index contributed by atoms with van der Waals surface area (Å²) in [7, 11) is 0. The number of carbonyl (C=O) groups is 1. The predicted octanol–water partition coefficient (Wildman–Crippen LogP) is 2.45. The number of aryl methyl sites for hydroxylation is 2. The molecule has 2 heterocycles. The van der Waals surface area contributed by atoms with Crippen molar-refractivity contribution in [1.82, 2.24) is 15.8 Å². The van der Waals surface area contributed by atoms with Gasteiger partial charge >= 0.3 is 0 Å². The van der Waals surface area contributed by atoms with Gasteiger partial charge < -0.3 is 15.2 Å². The van der Waals surface area contributed by atoms with Gasteiger partial charge in [-0.15, -0.1) is 24.2 Å². The molecule has 0 aromatic carbocycles. The Balaban J connectivity index is 0.00000242. The minimum atomic E-state index is 0. The molecule has 1 amide bonds. The fourth-order valence-corrected chi connectivity index (χ4v) is 3.60. The lowest BCUT2D eigenvalue weighted by atomic mass is 9.96. The predicted molar refractivity (Wildman–Crippen MR) is 92.6 cm³/mol. The van der Waals surface area contributed by atoms with Crippen LogP contribution in [0.1, 0.15) is 36.3 Å². The Morgan fingerprint density at radius 3 is 2.95 bits per heavy atom. The molecule has 22 heavy (non-hydrogen) atoms. The fourth-order valence-electron chi connectivity index (χ4n) is 2.59. The maximum absolute atomic E-state index is 11.8. The van der Waals surface area contributed by atoms with Crippen LogP contribution < -0.4 is 10.6 Å². The monoisotopic (exact) mass is 347 g/mol. The molecule has 1 unspecified atom stereocenters. The molecule has 0 spiro atoms. The summed E-state index contributed by atoms with van der Waals surface area (Å²) in [5.74, 6) is 2.96. The molecule has 1 saturated heterocycles. The Kier molecular flexibility index (Phi) is 8.90. The van der Waals surface area contributed by atoms with Gasteiger partial charge in [-0.25, -0.2) is 0 Å². The average Bonchev–Trinajstić information content (AvgIpc) is 2.80. The van der Waals surface area contributed by atoms with Crippen molar-refractivity contribution in [2.45, 2.75) is 38.9 Å². The van der Waals surface area contributed by atoms with E-state index in [1.54, 1.807) is 11.8 Å². The first-order valence-corrected chi connectivity index (χ1v) is 8.79. The average molecular weight is 348 g/mol. The molecule has 126 valence electrons. The molecule has 0 bridgehead atoms. The van der Waals surface area contributed by atoms with Crippen LogP contribution in [-0.2, 0) is 10.5 Å². The van der Waals surface area contributed by atoms with E-state index in [2.05, 4.69) is 15.8 Å². The van der Waals surface area contributed by atoms with Crippen molar-refractivity contribution in [2.24, 2.45) is 5.92 Å². The van der Waals surface area contributed by atoms with Crippen LogP contribution in [-0.4, -0.2) is 36.5 Å². The summed E-state index contributed by atoms with van der Waals surface area (Å²) in [6, 6.07) is 0. The van der Waals surface area contributed by atoms with Crippen LogP contribution in [0.3, 0.4) is 0 Å². The van der Waals surface area contributed by atoms with Crippen LogP contribution in [0.25, 0.3) is 0 Å². The number of rotatable bonds is 7. The molecule has 0 aliphatic carbocycles. The Hall–Kier alpha value is -0.720. The first kappa shape index (κ1) is 19.3. The second-order valence-corrected chi connectivity index (χ2v) is 6.63. The number of halogens is 1. The highest BCUT2D eigenvalue weighted by molar-refractivity contribution is 7.99. The number of carbonyl (C=O) groups excluding carboxylic acids is 1. The molecule has 1 atom stereocenters.